The Hall–Kier alpha value is -2.20. The van der Waals surface area contributed by atoms with Gasteiger partial charge >= 0.3 is 5.72 Å². The van der Waals surface area contributed by atoms with E-state index >= 15 is 0 Å². The molecule has 0 bridgehead atoms. The summed E-state index contributed by atoms with van der Waals surface area (Å²) in [5.74, 6) is 0. The van der Waals surface area contributed by atoms with Crippen molar-refractivity contribution in [2.75, 3.05) is 0 Å². The lowest BCUT2D eigenvalue weighted by Gasteiger charge is -2.04. The zero-order valence-electron chi connectivity index (χ0n) is 9.52. The second kappa shape index (κ2) is 3.92. The number of nitrogens with zero attached hydrogens (tertiary/aromatic N) is 1. The molecule has 0 unspecified atom stereocenters. The van der Waals surface area contributed by atoms with E-state index < -0.39 is 11.8 Å². The van der Waals surface area contributed by atoms with E-state index in [4.69, 9.17) is 4.74 Å². The van der Waals surface area contributed by atoms with E-state index in [9.17, 15) is 10.1 Å². The highest BCUT2D eigenvalue weighted by Crippen LogP contribution is 2.57. The van der Waals surface area contributed by atoms with Gasteiger partial charge in [0.2, 0.25) is 0 Å². The van der Waals surface area contributed by atoms with Crippen LogP contribution in [-0.2, 0) is 10.5 Å². The molecule has 3 rings (SSSR count). The molecule has 2 aromatic rings. The molecule has 1 saturated heterocycles. The minimum Gasteiger partial charge on any atom is -0.289 e. The zero-order chi connectivity index (χ0) is 12.6. The molecule has 0 N–H and O–H groups in total. The highest BCUT2D eigenvalue weighted by Gasteiger charge is 2.71. The number of hydrogen-bond donors (Lipinski definition) is 0. The highest BCUT2D eigenvalue weighted by atomic mass is 16.7. The van der Waals surface area contributed by atoms with E-state index in [2.05, 4.69) is 0 Å². The van der Waals surface area contributed by atoms with E-state index in [1.807, 2.05) is 36.4 Å². The average molecular weight is 241 g/mol. The molecule has 4 heteroatoms. The number of nitro groups is 1. The molecule has 1 fully saturated rings. The molecule has 18 heavy (non-hydrogen) atoms. The first-order chi connectivity index (χ1) is 8.75. The van der Waals surface area contributed by atoms with Gasteiger partial charge in [0.15, 0.2) is 6.10 Å². The van der Waals surface area contributed by atoms with Crippen LogP contribution >= 0.6 is 0 Å². The van der Waals surface area contributed by atoms with Gasteiger partial charge in [0.25, 0.3) is 0 Å². The SMILES string of the molecule is O=[N+]([O-])[C@@]1(c2ccccc2)O[C@@H]1c1ccccc1. The molecule has 0 amide bonds. The Labute approximate surface area is 104 Å². The Balaban J connectivity index is 2.01. The molecule has 1 aliphatic rings. The van der Waals surface area contributed by atoms with E-state index in [0.717, 1.165) is 5.56 Å². The number of epoxide rings is 1. The van der Waals surface area contributed by atoms with Crippen LogP contribution in [-0.4, -0.2) is 4.92 Å². The van der Waals surface area contributed by atoms with Crippen LogP contribution in [0, 0.1) is 10.1 Å². The molecule has 0 aliphatic carbocycles. The largest absolute Gasteiger partial charge is 0.382 e. The molecular weight excluding hydrogens is 230 g/mol. The second-order valence-electron chi connectivity index (χ2n) is 4.23. The Kier molecular flexibility index (Phi) is 2.38. The summed E-state index contributed by atoms with van der Waals surface area (Å²) in [5.41, 5.74) is 0.00436. The molecule has 0 spiro atoms. The fourth-order valence-electron chi connectivity index (χ4n) is 2.21. The summed E-state index contributed by atoms with van der Waals surface area (Å²) in [6.07, 6.45) is -0.504. The maximum Gasteiger partial charge on any atom is 0.382 e. The van der Waals surface area contributed by atoms with Crippen molar-refractivity contribution in [1.82, 2.24) is 0 Å². The molecule has 4 nitrogen and oxygen atoms in total. The third-order valence-electron chi connectivity index (χ3n) is 3.16. The van der Waals surface area contributed by atoms with Gasteiger partial charge in [-0.05, 0) is 17.7 Å². The fraction of sp³-hybridized carbons (Fsp3) is 0.143. The number of rotatable bonds is 3. The van der Waals surface area contributed by atoms with Crippen molar-refractivity contribution in [3.05, 3.63) is 81.9 Å². The molecule has 2 aromatic carbocycles. The average Bonchev–Trinajstić information content (AvgIpc) is 3.18. The van der Waals surface area contributed by atoms with Crippen LogP contribution < -0.4 is 0 Å². The predicted molar refractivity (Wildman–Crippen MR) is 65.4 cm³/mol. The molecule has 90 valence electrons. The van der Waals surface area contributed by atoms with Gasteiger partial charge in [0.05, 0.1) is 10.5 Å². The first kappa shape index (κ1) is 10.9. The Morgan fingerprint density at radius 3 is 2.11 bits per heavy atom. The van der Waals surface area contributed by atoms with Gasteiger partial charge in [0, 0.05) is 0 Å². The van der Waals surface area contributed by atoms with Crippen molar-refractivity contribution in [3.63, 3.8) is 0 Å². The molecule has 0 radical (unpaired) electrons. The molecular formula is C14H11NO3. The van der Waals surface area contributed by atoms with Gasteiger partial charge in [0.1, 0.15) is 0 Å². The molecule has 1 heterocycles. The predicted octanol–water partition coefficient (Wildman–Crippen LogP) is 2.89. The van der Waals surface area contributed by atoms with Crippen LogP contribution in [0.1, 0.15) is 17.2 Å². The minimum atomic E-state index is -1.41. The van der Waals surface area contributed by atoms with Crippen LogP contribution in [0.2, 0.25) is 0 Å². The fourth-order valence-corrected chi connectivity index (χ4v) is 2.21. The van der Waals surface area contributed by atoms with Gasteiger partial charge in [-0.3, -0.25) is 14.9 Å². The highest BCUT2D eigenvalue weighted by molar-refractivity contribution is 5.32. The van der Waals surface area contributed by atoms with Crippen molar-refractivity contribution in [2.45, 2.75) is 11.8 Å². The van der Waals surface area contributed by atoms with Crippen LogP contribution in [0.3, 0.4) is 0 Å². The van der Waals surface area contributed by atoms with Crippen molar-refractivity contribution in [1.29, 1.82) is 0 Å². The Morgan fingerprint density at radius 2 is 1.56 bits per heavy atom. The number of benzene rings is 2. The van der Waals surface area contributed by atoms with E-state index in [-0.39, 0.29) is 4.92 Å². The zero-order valence-corrected chi connectivity index (χ0v) is 9.52. The van der Waals surface area contributed by atoms with Crippen molar-refractivity contribution >= 4 is 0 Å². The first-order valence-electron chi connectivity index (χ1n) is 5.68. The standard InChI is InChI=1S/C14H11NO3/c16-15(17)14(12-9-5-2-6-10-12)13(18-14)11-7-3-1-4-8-11/h1-10,13H/t13-,14+/m1/s1. The minimum absolute atomic E-state index is 0.347. The van der Waals surface area contributed by atoms with Crippen molar-refractivity contribution in [3.8, 4) is 0 Å². The maximum absolute atomic E-state index is 11.3. The van der Waals surface area contributed by atoms with Crippen molar-refractivity contribution in [2.24, 2.45) is 0 Å². The summed E-state index contributed by atoms with van der Waals surface area (Å²) in [6.45, 7) is 0. The van der Waals surface area contributed by atoms with E-state index in [0.29, 0.717) is 5.56 Å². The summed E-state index contributed by atoms with van der Waals surface area (Å²) in [6, 6.07) is 18.1. The molecule has 0 saturated carbocycles. The summed E-state index contributed by atoms with van der Waals surface area (Å²) >= 11 is 0. The monoisotopic (exact) mass is 241 g/mol. The molecule has 0 aromatic heterocycles. The van der Waals surface area contributed by atoms with Crippen LogP contribution in [0.4, 0.5) is 0 Å². The lowest BCUT2D eigenvalue weighted by atomic mass is 9.99. The third kappa shape index (κ3) is 1.50. The quantitative estimate of drug-likeness (QED) is 0.471. The van der Waals surface area contributed by atoms with Crippen LogP contribution in [0.5, 0.6) is 0 Å². The lowest BCUT2D eigenvalue weighted by molar-refractivity contribution is -0.572. The Morgan fingerprint density at radius 1 is 1.00 bits per heavy atom. The van der Waals surface area contributed by atoms with E-state index in [1.54, 1.807) is 24.3 Å². The van der Waals surface area contributed by atoms with Crippen LogP contribution in [0.25, 0.3) is 0 Å². The number of hydrogen-bond acceptors (Lipinski definition) is 3. The van der Waals surface area contributed by atoms with Gasteiger partial charge in [-0.1, -0.05) is 48.5 Å². The van der Waals surface area contributed by atoms with Gasteiger partial charge in [-0.15, -0.1) is 0 Å². The normalized spacial score (nSPS) is 25.7. The van der Waals surface area contributed by atoms with E-state index in [1.165, 1.54) is 0 Å². The molecule has 1 aliphatic heterocycles. The first-order valence-corrected chi connectivity index (χ1v) is 5.68. The van der Waals surface area contributed by atoms with Gasteiger partial charge in [-0.25, -0.2) is 0 Å². The summed E-state index contributed by atoms with van der Waals surface area (Å²) in [7, 11) is 0. The number of ether oxygens (including phenoxy) is 1. The lowest BCUT2D eigenvalue weighted by Crippen LogP contribution is -2.21. The summed E-state index contributed by atoms with van der Waals surface area (Å²) in [5, 5.41) is 11.3. The second-order valence-corrected chi connectivity index (χ2v) is 4.23. The summed E-state index contributed by atoms with van der Waals surface area (Å²) < 4.78 is 5.44. The smallest absolute Gasteiger partial charge is 0.289 e. The van der Waals surface area contributed by atoms with Gasteiger partial charge in [-0.2, -0.15) is 0 Å². The van der Waals surface area contributed by atoms with Crippen molar-refractivity contribution < 1.29 is 9.66 Å². The molecule has 2 atom stereocenters. The van der Waals surface area contributed by atoms with Gasteiger partial charge < -0.3 is 0 Å². The third-order valence-corrected chi connectivity index (χ3v) is 3.16. The maximum atomic E-state index is 11.3. The summed E-state index contributed by atoms with van der Waals surface area (Å²) in [4.78, 5) is 11.0. The Bertz CT molecular complexity index is 570. The topological polar surface area (TPSA) is 55.7 Å². The van der Waals surface area contributed by atoms with Crippen LogP contribution in [0.15, 0.2) is 60.7 Å².